The first-order valence-electron chi connectivity index (χ1n) is 7.46. The van der Waals surface area contributed by atoms with E-state index in [-0.39, 0.29) is 5.82 Å². The molecule has 0 aliphatic rings. The van der Waals surface area contributed by atoms with Crippen molar-refractivity contribution < 1.29 is 8.81 Å². The van der Waals surface area contributed by atoms with Gasteiger partial charge in [-0.3, -0.25) is 0 Å². The van der Waals surface area contributed by atoms with Gasteiger partial charge in [-0.15, -0.1) is 21.5 Å². The number of benzene rings is 2. The summed E-state index contributed by atoms with van der Waals surface area (Å²) in [6, 6.07) is 13.5. The third-order valence-corrected chi connectivity index (χ3v) is 4.69. The van der Waals surface area contributed by atoms with Crippen LogP contribution in [0, 0.1) is 5.82 Å². The number of aromatic nitrogens is 3. The molecule has 0 spiro atoms. The highest BCUT2D eigenvalue weighted by Gasteiger charge is 2.12. The van der Waals surface area contributed by atoms with Crippen LogP contribution in [0.4, 0.5) is 4.39 Å². The Morgan fingerprint density at radius 3 is 2.68 bits per heavy atom. The number of hydrogen-bond acceptors (Lipinski definition) is 5. The molecule has 0 N–H and O–H groups in total. The summed E-state index contributed by atoms with van der Waals surface area (Å²) in [5.41, 5.74) is 2.49. The second-order valence-electron chi connectivity index (χ2n) is 5.34. The molecule has 4 aromatic rings. The van der Waals surface area contributed by atoms with E-state index >= 15 is 0 Å². The van der Waals surface area contributed by atoms with Gasteiger partial charge in [-0.1, -0.05) is 23.7 Å². The molecule has 0 bridgehead atoms. The van der Waals surface area contributed by atoms with E-state index in [2.05, 4.69) is 15.2 Å². The predicted molar refractivity (Wildman–Crippen MR) is 95.1 cm³/mol. The molecule has 0 fully saturated rings. The van der Waals surface area contributed by atoms with Crippen molar-refractivity contribution >= 4 is 22.9 Å². The van der Waals surface area contributed by atoms with Gasteiger partial charge >= 0.3 is 0 Å². The fourth-order valence-electron chi connectivity index (χ4n) is 2.33. The van der Waals surface area contributed by atoms with Gasteiger partial charge in [0.25, 0.3) is 0 Å². The lowest BCUT2D eigenvalue weighted by molar-refractivity contribution is 0.516. The van der Waals surface area contributed by atoms with E-state index in [4.69, 9.17) is 16.0 Å². The van der Waals surface area contributed by atoms with Crippen LogP contribution in [0.25, 0.3) is 22.0 Å². The van der Waals surface area contributed by atoms with Crippen molar-refractivity contribution in [1.82, 2.24) is 15.2 Å². The summed E-state index contributed by atoms with van der Waals surface area (Å²) >= 11 is 7.56. The van der Waals surface area contributed by atoms with Crippen LogP contribution >= 0.6 is 22.9 Å². The van der Waals surface area contributed by atoms with Crippen LogP contribution in [-0.4, -0.2) is 15.2 Å². The average Bonchev–Trinajstić information content (AvgIpc) is 3.26. The molecule has 4 rings (SSSR count). The number of hydrogen-bond donors (Lipinski definition) is 0. The number of nitrogens with zero attached hydrogens (tertiary/aromatic N) is 3. The molecule has 0 amide bonds. The summed E-state index contributed by atoms with van der Waals surface area (Å²) in [4.78, 5) is 4.59. The molecule has 2 aromatic heterocycles. The van der Waals surface area contributed by atoms with Crippen molar-refractivity contribution in [2.75, 3.05) is 0 Å². The normalized spacial score (nSPS) is 11.0. The SMILES string of the molecule is Fc1ccc(-c2nnc(Cc3csc(-c4cccc(Cl)c4)n3)o2)cc1. The van der Waals surface area contributed by atoms with E-state index in [9.17, 15) is 4.39 Å². The van der Waals surface area contributed by atoms with Crippen molar-refractivity contribution in [2.24, 2.45) is 0 Å². The highest BCUT2D eigenvalue weighted by molar-refractivity contribution is 7.13. The molecule has 0 radical (unpaired) electrons. The Bertz CT molecular complexity index is 1010. The Balaban J connectivity index is 1.52. The van der Waals surface area contributed by atoms with Gasteiger partial charge in [-0.25, -0.2) is 9.37 Å². The lowest BCUT2D eigenvalue weighted by Gasteiger charge is -1.96. The van der Waals surface area contributed by atoms with Crippen LogP contribution in [-0.2, 0) is 6.42 Å². The van der Waals surface area contributed by atoms with Crippen molar-refractivity contribution in [2.45, 2.75) is 6.42 Å². The van der Waals surface area contributed by atoms with Gasteiger partial charge < -0.3 is 4.42 Å². The summed E-state index contributed by atoms with van der Waals surface area (Å²) in [6.45, 7) is 0. The second kappa shape index (κ2) is 6.74. The van der Waals surface area contributed by atoms with Gasteiger partial charge in [-0.05, 0) is 36.4 Å². The lowest BCUT2D eigenvalue weighted by Crippen LogP contribution is -1.88. The first kappa shape index (κ1) is 15.9. The molecule has 0 saturated carbocycles. The standard InChI is InChI=1S/C18H11ClFN3OS/c19-13-3-1-2-12(8-13)18-21-15(10-25-18)9-16-22-23-17(24-16)11-4-6-14(20)7-5-11/h1-8,10H,9H2. The van der Waals surface area contributed by atoms with Crippen LogP contribution in [0.1, 0.15) is 11.6 Å². The minimum Gasteiger partial charge on any atom is -0.420 e. The van der Waals surface area contributed by atoms with Gasteiger partial charge in [0, 0.05) is 21.5 Å². The third kappa shape index (κ3) is 3.60. The van der Waals surface area contributed by atoms with E-state index in [1.165, 1.54) is 23.5 Å². The quantitative estimate of drug-likeness (QED) is 0.492. The summed E-state index contributed by atoms with van der Waals surface area (Å²) in [5.74, 6) is 0.516. The molecule has 0 saturated heterocycles. The average molecular weight is 372 g/mol. The molecule has 2 heterocycles. The first-order chi connectivity index (χ1) is 12.2. The zero-order valence-electron chi connectivity index (χ0n) is 12.8. The van der Waals surface area contributed by atoms with Crippen molar-refractivity contribution in [3.63, 3.8) is 0 Å². The zero-order valence-corrected chi connectivity index (χ0v) is 14.4. The van der Waals surface area contributed by atoms with E-state index in [0.717, 1.165) is 16.3 Å². The van der Waals surface area contributed by atoms with Gasteiger partial charge in [0.2, 0.25) is 11.8 Å². The summed E-state index contributed by atoms with van der Waals surface area (Å²) in [5, 5.41) is 11.6. The van der Waals surface area contributed by atoms with Crippen molar-refractivity contribution in [1.29, 1.82) is 0 Å². The molecule has 0 atom stereocenters. The second-order valence-corrected chi connectivity index (χ2v) is 6.63. The van der Waals surface area contributed by atoms with Crippen molar-refractivity contribution in [3.8, 4) is 22.0 Å². The summed E-state index contributed by atoms with van der Waals surface area (Å²) in [7, 11) is 0. The molecule has 0 unspecified atom stereocenters. The molecule has 4 nitrogen and oxygen atoms in total. The van der Waals surface area contributed by atoms with Gasteiger partial charge in [0.1, 0.15) is 10.8 Å². The van der Waals surface area contributed by atoms with Gasteiger partial charge in [0.05, 0.1) is 12.1 Å². The maximum Gasteiger partial charge on any atom is 0.247 e. The predicted octanol–water partition coefficient (Wildman–Crippen LogP) is 5.24. The molecular formula is C18H11ClFN3OS. The van der Waals surface area contributed by atoms with E-state index in [1.54, 1.807) is 12.1 Å². The first-order valence-corrected chi connectivity index (χ1v) is 8.72. The Labute approximate surface area is 151 Å². The van der Waals surface area contributed by atoms with Crippen LogP contribution in [0.15, 0.2) is 58.3 Å². The minimum absolute atomic E-state index is 0.306. The minimum atomic E-state index is -0.306. The maximum atomic E-state index is 13.0. The van der Waals surface area contributed by atoms with E-state index in [1.807, 2.05) is 29.6 Å². The van der Waals surface area contributed by atoms with Crippen molar-refractivity contribution in [3.05, 3.63) is 76.3 Å². The third-order valence-electron chi connectivity index (χ3n) is 3.51. The molecular weight excluding hydrogens is 361 g/mol. The highest BCUT2D eigenvalue weighted by Crippen LogP contribution is 2.27. The molecule has 124 valence electrons. The Hall–Kier alpha value is -2.57. The maximum absolute atomic E-state index is 13.0. The fourth-order valence-corrected chi connectivity index (χ4v) is 3.34. The van der Waals surface area contributed by atoms with Gasteiger partial charge in [0.15, 0.2) is 0 Å². The summed E-state index contributed by atoms with van der Waals surface area (Å²) < 4.78 is 18.6. The van der Waals surface area contributed by atoms with E-state index in [0.29, 0.717) is 28.8 Å². The molecule has 2 aromatic carbocycles. The molecule has 25 heavy (non-hydrogen) atoms. The number of halogens is 2. The number of rotatable bonds is 4. The van der Waals surface area contributed by atoms with Crippen LogP contribution in [0.2, 0.25) is 5.02 Å². The van der Waals surface area contributed by atoms with Crippen LogP contribution in [0.5, 0.6) is 0 Å². The number of thiazole rings is 1. The summed E-state index contributed by atoms with van der Waals surface area (Å²) in [6.07, 6.45) is 0.436. The van der Waals surface area contributed by atoms with Crippen LogP contribution < -0.4 is 0 Å². The molecule has 0 aliphatic heterocycles. The highest BCUT2D eigenvalue weighted by atomic mass is 35.5. The zero-order chi connectivity index (χ0) is 17.2. The molecule has 0 aliphatic carbocycles. The monoisotopic (exact) mass is 371 g/mol. The Morgan fingerprint density at radius 1 is 1.04 bits per heavy atom. The van der Waals surface area contributed by atoms with Crippen LogP contribution in [0.3, 0.4) is 0 Å². The fraction of sp³-hybridized carbons (Fsp3) is 0.0556. The van der Waals surface area contributed by atoms with E-state index < -0.39 is 0 Å². The largest absolute Gasteiger partial charge is 0.420 e. The Kier molecular flexibility index (Phi) is 4.29. The van der Waals surface area contributed by atoms with Gasteiger partial charge in [-0.2, -0.15) is 0 Å². The molecule has 7 heteroatoms. The lowest BCUT2D eigenvalue weighted by atomic mass is 10.2. The topological polar surface area (TPSA) is 51.8 Å². The smallest absolute Gasteiger partial charge is 0.247 e. The Morgan fingerprint density at radius 2 is 1.88 bits per heavy atom.